The number of carbonyl (C=O) groups is 1. The first-order chi connectivity index (χ1) is 15.1. The number of nitrogens with zero attached hydrogens (tertiary/aromatic N) is 2. The fraction of sp³-hybridized carbons (Fsp3) is 0.308. The van der Waals surface area contributed by atoms with Gasteiger partial charge in [-0.25, -0.2) is 0 Å². The van der Waals surface area contributed by atoms with Crippen LogP contribution in [0.15, 0.2) is 73.1 Å². The van der Waals surface area contributed by atoms with Gasteiger partial charge in [0.15, 0.2) is 5.60 Å². The van der Waals surface area contributed by atoms with Crippen LogP contribution in [0.4, 0.5) is 0 Å². The normalized spacial score (nSPS) is 19.2. The van der Waals surface area contributed by atoms with Gasteiger partial charge in [-0.05, 0) is 35.2 Å². The molecule has 2 heterocycles. The topological polar surface area (TPSA) is 54.5 Å². The zero-order chi connectivity index (χ0) is 21.7. The molecule has 5 nitrogen and oxygen atoms in total. The van der Waals surface area contributed by atoms with Crippen molar-refractivity contribution in [2.45, 2.75) is 25.5 Å². The summed E-state index contributed by atoms with van der Waals surface area (Å²) in [6.45, 7) is 4.80. The van der Waals surface area contributed by atoms with E-state index in [1.807, 2.05) is 24.4 Å². The number of amides is 1. The number of hydrogen-bond donors (Lipinski definition) is 1. The van der Waals surface area contributed by atoms with Crippen molar-refractivity contribution in [2.24, 2.45) is 0 Å². The monoisotopic (exact) mass is 415 g/mol. The fourth-order valence-corrected chi connectivity index (χ4v) is 4.34. The predicted molar refractivity (Wildman–Crippen MR) is 123 cm³/mol. The Labute approximate surface area is 184 Å². The van der Waals surface area contributed by atoms with Crippen LogP contribution in [0.5, 0.6) is 0 Å². The molecule has 1 saturated heterocycles. The SMILES string of the molecule is CNC(=O)[C@@]1(Cc2cccc(-c3cccnc3)c2)CN(Cc2cccc(C)c2)CCO1. The van der Waals surface area contributed by atoms with Gasteiger partial charge in [0, 0.05) is 45.5 Å². The minimum Gasteiger partial charge on any atom is -0.362 e. The Morgan fingerprint density at radius 3 is 2.68 bits per heavy atom. The van der Waals surface area contributed by atoms with Crippen LogP contribution >= 0.6 is 0 Å². The summed E-state index contributed by atoms with van der Waals surface area (Å²) in [5.41, 5.74) is 4.81. The number of morpholine rings is 1. The molecule has 1 N–H and O–H groups in total. The number of likely N-dealkylation sites (N-methyl/N-ethyl adjacent to an activating group) is 1. The van der Waals surface area contributed by atoms with Gasteiger partial charge in [-0.3, -0.25) is 14.7 Å². The van der Waals surface area contributed by atoms with Gasteiger partial charge in [-0.2, -0.15) is 0 Å². The van der Waals surface area contributed by atoms with Gasteiger partial charge in [0.1, 0.15) is 0 Å². The molecular weight excluding hydrogens is 386 g/mol. The summed E-state index contributed by atoms with van der Waals surface area (Å²) >= 11 is 0. The van der Waals surface area contributed by atoms with Crippen LogP contribution in [0.25, 0.3) is 11.1 Å². The molecule has 0 radical (unpaired) electrons. The van der Waals surface area contributed by atoms with Gasteiger partial charge in [0.05, 0.1) is 6.61 Å². The van der Waals surface area contributed by atoms with Crippen molar-refractivity contribution >= 4 is 5.91 Å². The van der Waals surface area contributed by atoms with Crippen molar-refractivity contribution in [3.05, 3.63) is 89.7 Å². The van der Waals surface area contributed by atoms with E-state index < -0.39 is 5.60 Å². The highest BCUT2D eigenvalue weighted by Gasteiger charge is 2.43. The first kappa shape index (κ1) is 21.2. The van der Waals surface area contributed by atoms with Crippen LogP contribution < -0.4 is 5.32 Å². The molecule has 1 atom stereocenters. The molecule has 31 heavy (non-hydrogen) atoms. The first-order valence-electron chi connectivity index (χ1n) is 10.7. The van der Waals surface area contributed by atoms with Gasteiger partial charge in [0.2, 0.25) is 0 Å². The second-order valence-corrected chi connectivity index (χ2v) is 8.24. The maximum atomic E-state index is 13.0. The number of hydrogen-bond acceptors (Lipinski definition) is 4. The Balaban J connectivity index is 1.57. The Kier molecular flexibility index (Phi) is 6.44. The van der Waals surface area contributed by atoms with Crippen molar-refractivity contribution in [3.8, 4) is 11.1 Å². The fourth-order valence-electron chi connectivity index (χ4n) is 4.34. The molecule has 0 saturated carbocycles. The van der Waals surface area contributed by atoms with E-state index in [0.717, 1.165) is 29.8 Å². The molecule has 0 spiro atoms. The summed E-state index contributed by atoms with van der Waals surface area (Å²) in [5, 5.41) is 2.84. The molecule has 3 aromatic rings. The van der Waals surface area contributed by atoms with Crippen molar-refractivity contribution < 1.29 is 9.53 Å². The van der Waals surface area contributed by atoms with E-state index >= 15 is 0 Å². The van der Waals surface area contributed by atoms with Crippen molar-refractivity contribution in [2.75, 3.05) is 26.7 Å². The lowest BCUT2D eigenvalue weighted by Gasteiger charge is -2.41. The molecule has 1 aliphatic heterocycles. The van der Waals surface area contributed by atoms with Crippen LogP contribution in [-0.2, 0) is 22.5 Å². The lowest BCUT2D eigenvalue weighted by Crippen LogP contribution is -2.60. The van der Waals surface area contributed by atoms with Gasteiger partial charge >= 0.3 is 0 Å². The summed E-state index contributed by atoms with van der Waals surface area (Å²) in [4.78, 5) is 19.6. The molecule has 5 heteroatoms. The molecule has 0 aliphatic carbocycles. The van der Waals surface area contributed by atoms with Crippen LogP contribution in [0.1, 0.15) is 16.7 Å². The third-order valence-electron chi connectivity index (χ3n) is 5.81. The van der Waals surface area contributed by atoms with E-state index in [0.29, 0.717) is 19.6 Å². The molecular formula is C26H29N3O2. The number of rotatable bonds is 6. The number of pyridine rings is 1. The van der Waals surface area contributed by atoms with Crippen LogP contribution in [0, 0.1) is 6.92 Å². The highest BCUT2D eigenvalue weighted by molar-refractivity contribution is 5.86. The van der Waals surface area contributed by atoms with E-state index in [-0.39, 0.29) is 5.91 Å². The maximum absolute atomic E-state index is 13.0. The van der Waals surface area contributed by atoms with E-state index in [1.54, 1.807) is 13.2 Å². The molecule has 1 fully saturated rings. The predicted octanol–water partition coefficient (Wildman–Crippen LogP) is 3.62. The summed E-state index contributed by atoms with van der Waals surface area (Å²) in [7, 11) is 1.68. The van der Waals surface area contributed by atoms with Gasteiger partial charge < -0.3 is 10.1 Å². The smallest absolute Gasteiger partial charge is 0.253 e. The van der Waals surface area contributed by atoms with Gasteiger partial charge in [0.25, 0.3) is 5.91 Å². The molecule has 0 unspecified atom stereocenters. The van der Waals surface area contributed by atoms with Crippen molar-refractivity contribution in [3.63, 3.8) is 0 Å². The van der Waals surface area contributed by atoms with Gasteiger partial charge in [-0.15, -0.1) is 0 Å². The zero-order valence-electron chi connectivity index (χ0n) is 18.2. The Morgan fingerprint density at radius 1 is 1.10 bits per heavy atom. The van der Waals surface area contributed by atoms with Gasteiger partial charge in [-0.1, -0.05) is 60.2 Å². The summed E-state index contributed by atoms with van der Waals surface area (Å²) < 4.78 is 6.19. The van der Waals surface area contributed by atoms with Crippen molar-refractivity contribution in [1.29, 1.82) is 0 Å². The summed E-state index contributed by atoms with van der Waals surface area (Å²) in [6.07, 6.45) is 4.14. The lowest BCUT2D eigenvalue weighted by molar-refractivity contribution is -0.160. The zero-order valence-corrected chi connectivity index (χ0v) is 18.2. The average molecular weight is 416 g/mol. The molecule has 1 aliphatic rings. The van der Waals surface area contributed by atoms with E-state index in [9.17, 15) is 4.79 Å². The molecule has 4 rings (SSSR count). The number of carbonyl (C=O) groups excluding carboxylic acids is 1. The third kappa shape index (κ3) is 5.01. The molecule has 0 bridgehead atoms. The Hall–Kier alpha value is -3.02. The number of ether oxygens (including phenoxy) is 1. The second-order valence-electron chi connectivity index (χ2n) is 8.24. The largest absolute Gasteiger partial charge is 0.362 e. The van der Waals surface area contributed by atoms with Crippen molar-refractivity contribution in [1.82, 2.24) is 15.2 Å². The molecule has 160 valence electrons. The van der Waals surface area contributed by atoms with Crippen LogP contribution in [0.2, 0.25) is 0 Å². The Bertz CT molecular complexity index is 1040. The van der Waals surface area contributed by atoms with E-state index in [1.165, 1.54) is 11.1 Å². The summed E-state index contributed by atoms with van der Waals surface area (Å²) in [5.74, 6) is -0.0757. The van der Waals surface area contributed by atoms with E-state index in [4.69, 9.17) is 4.74 Å². The van der Waals surface area contributed by atoms with Crippen LogP contribution in [-0.4, -0.2) is 48.1 Å². The number of nitrogens with one attached hydrogen (secondary N) is 1. The Morgan fingerprint density at radius 2 is 1.90 bits per heavy atom. The highest BCUT2D eigenvalue weighted by atomic mass is 16.5. The first-order valence-corrected chi connectivity index (χ1v) is 10.7. The second kappa shape index (κ2) is 9.41. The standard InChI is InChI=1S/C26H29N3O2/c1-20-6-3-8-22(14-20)18-29-12-13-31-26(19-29,25(30)27-2)16-21-7-4-9-23(15-21)24-10-5-11-28-17-24/h3-11,14-15,17H,12-13,16,18-19H2,1-2H3,(H,27,30)/t26-/m1/s1. The van der Waals surface area contributed by atoms with Crippen LogP contribution in [0.3, 0.4) is 0 Å². The maximum Gasteiger partial charge on any atom is 0.253 e. The summed E-state index contributed by atoms with van der Waals surface area (Å²) in [6, 6.07) is 20.8. The highest BCUT2D eigenvalue weighted by Crippen LogP contribution is 2.27. The van der Waals surface area contributed by atoms with E-state index in [2.05, 4.69) is 64.6 Å². The molecule has 2 aromatic carbocycles. The average Bonchev–Trinajstić information content (AvgIpc) is 2.79. The minimum absolute atomic E-state index is 0.0757. The lowest BCUT2D eigenvalue weighted by atomic mass is 9.90. The third-order valence-corrected chi connectivity index (χ3v) is 5.81. The molecule has 1 aromatic heterocycles. The number of benzene rings is 2. The number of aromatic nitrogens is 1. The number of aryl methyl sites for hydroxylation is 1. The molecule has 1 amide bonds. The minimum atomic E-state index is -0.912. The quantitative estimate of drug-likeness (QED) is 0.668.